The van der Waals surface area contributed by atoms with Gasteiger partial charge in [-0.2, -0.15) is 5.10 Å². The van der Waals surface area contributed by atoms with Crippen LogP contribution in [0, 0.1) is 0 Å². The van der Waals surface area contributed by atoms with Crippen molar-refractivity contribution in [3.8, 4) is 17.2 Å². The largest absolute Gasteiger partial charge is 0.495 e. The quantitative estimate of drug-likeness (QED) is 0.401. The fraction of sp³-hybridized carbons (Fsp3) is 0.286. The molecule has 2 heterocycles. The van der Waals surface area contributed by atoms with E-state index in [2.05, 4.69) is 31.4 Å². The third-order valence-corrected chi connectivity index (χ3v) is 5.74. The maximum absolute atomic E-state index is 12.5. The lowest BCUT2D eigenvalue weighted by molar-refractivity contribution is -0.146. The van der Waals surface area contributed by atoms with Gasteiger partial charge in [0.1, 0.15) is 5.75 Å². The molecule has 1 fully saturated rings. The standard InChI is InChI=1S/C21H21BrN4O5/c1-29-17-5-3-2-4-16(17)25-6-8-26(9-7-25)21(28)20(27)24-23-12-14-10-18-19(11-15(14)22)31-13-30-18/h2-5,10-12H,6-9,13H2,1H3,(H,24,27)/b23-12+. The molecular formula is C21H21BrN4O5. The van der Waals surface area contributed by atoms with Crippen LogP contribution in [0.4, 0.5) is 5.69 Å². The van der Waals surface area contributed by atoms with Crippen LogP contribution in [0.15, 0.2) is 46.0 Å². The van der Waals surface area contributed by atoms with Gasteiger partial charge in [-0.15, -0.1) is 0 Å². The number of para-hydroxylation sites is 2. The molecule has 2 aliphatic heterocycles. The Hall–Kier alpha value is -3.27. The molecule has 31 heavy (non-hydrogen) atoms. The van der Waals surface area contributed by atoms with Gasteiger partial charge in [-0.25, -0.2) is 5.43 Å². The van der Waals surface area contributed by atoms with Crippen molar-refractivity contribution in [1.82, 2.24) is 10.3 Å². The number of nitrogens with one attached hydrogen (secondary N) is 1. The van der Waals surface area contributed by atoms with Gasteiger partial charge in [0.2, 0.25) is 6.79 Å². The van der Waals surface area contributed by atoms with Crippen LogP contribution in [0.3, 0.4) is 0 Å². The molecule has 1 saturated heterocycles. The Morgan fingerprint density at radius 3 is 2.58 bits per heavy atom. The summed E-state index contributed by atoms with van der Waals surface area (Å²) in [5.41, 5.74) is 3.95. The third kappa shape index (κ3) is 4.58. The molecule has 0 aromatic heterocycles. The third-order valence-electron chi connectivity index (χ3n) is 5.05. The van der Waals surface area contributed by atoms with Crippen LogP contribution in [0.25, 0.3) is 0 Å². The zero-order valence-corrected chi connectivity index (χ0v) is 18.4. The number of carbonyl (C=O) groups excluding carboxylic acids is 2. The van der Waals surface area contributed by atoms with E-state index in [-0.39, 0.29) is 6.79 Å². The molecule has 0 saturated carbocycles. The first-order valence-corrected chi connectivity index (χ1v) is 10.5. The first kappa shape index (κ1) is 21.0. The summed E-state index contributed by atoms with van der Waals surface area (Å²) in [5, 5.41) is 3.90. The minimum absolute atomic E-state index is 0.165. The zero-order chi connectivity index (χ0) is 21.8. The lowest BCUT2D eigenvalue weighted by Gasteiger charge is -2.36. The number of rotatable bonds is 4. The van der Waals surface area contributed by atoms with Crippen molar-refractivity contribution < 1.29 is 23.8 Å². The first-order valence-electron chi connectivity index (χ1n) is 9.66. The van der Waals surface area contributed by atoms with Gasteiger partial charge in [-0.3, -0.25) is 9.59 Å². The molecule has 162 valence electrons. The van der Waals surface area contributed by atoms with Crippen molar-refractivity contribution in [3.63, 3.8) is 0 Å². The number of nitrogens with zero attached hydrogens (tertiary/aromatic N) is 3. The lowest BCUT2D eigenvalue weighted by atomic mass is 10.2. The molecule has 0 unspecified atom stereocenters. The maximum atomic E-state index is 12.5. The lowest BCUT2D eigenvalue weighted by Crippen LogP contribution is -2.52. The molecule has 1 N–H and O–H groups in total. The van der Waals surface area contributed by atoms with Crippen LogP contribution in [-0.2, 0) is 9.59 Å². The van der Waals surface area contributed by atoms with Gasteiger partial charge in [0, 0.05) is 36.2 Å². The smallest absolute Gasteiger partial charge is 0.329 e. The molecular weight excluding hydrogens is 468 g/mol. The second kappa shape index (κ2) is 9.25. The summed E-state index contributed by atoms with van der Waals surface area (Å²) < 4.78 is 16.8. The molecule has 9 nitrogen and oxygen atoms in total. The van der Waals surface area contributed by atoms with Crippen LogP contribution in [0.2, 0.25) is 0 Å². The van der Waals surface area contributed by atoms with E-state index < -0.39 is 11.8 Å². The van der Waals surface area contributed by atoms with Gasteiger partial charge in [0.25, 0.3) is 0 Å². The highest BCUT2D eigenvalue weighted by molar-refractivity contribution is 9.10. The minimum atomic E-state index is -0.779. The monoisotopic (exact) mass is 488 g/mol. The summed E-state index contributed by atoms with van der Waals surface area (Å²) in [6.45, 7) is 2.24. The molecule has 2 aromatic carbocycles. The average Bonchev–Trinajstić information content (AvgIpc) is 3.25. The molecule has 0 aliphatic carbocycles. The van der Waals surface area contributed by atoms with Crippen LogP contribution < -0.4 is 24.5 Å². The highest BCUT2D eigenvalue weighted by Gasteiger charge is 2.27. The Morgan fingerprint density at radius 2 is 1.84 bits per heavy atom. The fourth-order valence-electron chi connectivity index (χ4n) is 3.43. The van der Waals surface area contributed by atoms with Crippen molar-refractivity contribution in [2.45, 2.75) is 0 Å². The number of carbonyl (C=O) groups is 2. The highest BCUT2D eigenvalue weighted by Crippen LogP contribution is 2.36. The number of hydrogen-bond donors (Lipinski definition) is 1. The summed E-state index contributed by atoms with van der Waals surface area (Å²) in [7, 11) is 1.63. The number of methoxy groups -OCH3 is 1. The van der Waals surface area contributed by atoms with Gasteiger partial charge in [0.05, 0.1) is 19.0 Å². The predicted octanol–water partition coefficient (Wildman–Crippen LogP) is 1.99. The highest BCUT2D eigenvalue weighted by atomic mass is 79.9. The van der Waals surface area contributed by atoms with E-state index in [1.165, 1.54) is 11.1 Å². The van der Waals surface area contributed by atoms with Crippen molar-refractivity contribution in [2.24, 2.45) is 5.10 Å². The van der Waals surface area contributed by atoms with Crippen LogP contribution in [-0.4, -0.2) is 63.0 Å². The van der Waals surface area contributed by atoms with E-state index >= 15 is 0 Å². The number of benzene rings is 2. The number of fused-ring (bicyclic) bond motifs is 1. The SMILES string of the molecule is COc1ccccc1N1CCN(C(=O)C(=O)N/N=C/c2cc3c(cc2Br)OCO3)CC1. The summed E-state index contributed by atoms with van der Waals surface area (Å²) in [6, 6.07) is 11.2. The summed E-state index contributed by atoms with van der Waals surface area (Å²) >= 11 is 3.42. The van der Waals surface area contributed by atoms with Crippen LogP contribution in [0.1, 0.15) is 5.56 Å². The number of amides is 2. The molecule has 0 radical (unpaired) electrons. The number of anilines is 1. The summed E-state index contributed by atoms with van der Waals surface area (Å²) in [6.07, 6.45) is 1.44. The van der Waals surface area contributed by atoms with Gasteiger partial charge in [-0.1, -0.05) is 12.1 Å². The number of hydrogen-bond acceptors (Lipinski definition) is 7. The maximum Gasteiger partial charge on any atom is 0.329 e. The van der Waals surface area contributed by atoms with E-state index in [9.17, 15) is 9.59 Å². The van der Waals surface area contributed by atoms with Gasteiger partial charge >= 0.3 is 11.8 Å². The summed E-state index contributed by atoms with van der Waals surface area (Å²) in [4.78, 5) is 28.4. The molecule has 0 spiro atoms. The average molecular weight is 489 g/mol. The zero-order valence-electron chi connectivity index (χ0n) is 16.8. The van der Waals surface area contributed by atoms with E-state index in [0.29, 0.717) is 43.2 Å². The van der Waals surface area contributed by atoms with Crippen molar-refractivity contribution in [1.29, 1.82) is 0 Å². The second-order valence-corrected chi connectivity index (χ2v) is 7.73. The number of halogens is 1. The molecule has 10 heteroatoms. The van der Waals surface area contributed by atoms with Crippen molar-refractivity contribution in [2.75, 3.05) is 45.0 Å². The van der Waals surface area contributed by atoms with Crippen LogP contribution >= 0.6 is 15.9 Å². The molecule has 2 amide bonds. The fourth-order valence-corrected chi connectivity index (χ4v) is 3.85. The Balaban J connectivity index is 1.31. The Labute approximate surface area is 187 Å². The van der Waals surface area contributed by atoms with Gasteiger partial charge < -0.3 is 24.0 Å². The molecule has 2 aromatic rings. The van der Waals surface area contributed by atoms with Crippen LogP contribution in [0.5, 0.6) is 17.2 Å². The topological polar surface area (TPSA) is 92.7 Å². The minimum Gasteiger partial charge on any atom is -0.495 e. The second-order valence-electron chi connectivity index (χ2n) is 6.88. The Morgan fingerprint density at radius 1 is 1.13 bits per heavy atom. The number of hydrazone groups is 1. The molecule has 4 rings (SSSR count). The van der Waals surface area contributed by atoms with E-state index in [1.54, 1.807) is 19.2 Å². The number of ether oxygens (including phenoxy) is 3. The first-order chi connectivity index (χ1) is 15.1. The normalized spacial score (nSPS) is 15.3. The van der Waals surface area contributed by atoms with E-state index in [4.69, 9.17) is 14.2 Å². The molecule has 0 atom stereocenters. The molecule has 0 bridgehead atoms. The Bertz CT molecular complexity index is 1020. The molecule has 2 aliphatic rings. The predicted molar refractivity (Wildman–Crippen MR) is 118 cm³/mol. The summed E-state index contributed by atoms with van der Waals surface area (Å²) in [5.74, 6) is 0.625. The van der Waals surface area contributed by atoms with Crippen molar-refractivity contribution in [3.05, 3.63) is 46.4 Å². The van der Waals surface area contributed by atoms with Gasteiger partial charge in [-0.05, 0) is 40.2 Å². The van der Waals surface area contributed by atoms with E-state index in [1.807, 2.05) is 24.3 Å². The Kier molecular flexibility index (Phi) is 6.26. The van der Waals surface area contributed by atoms with Gasteiger partial charge in [0.15, 0.2) is 11.5 Å². The number of piperazine rings is 1. The van der Waals surface area contributed by atoms with Crippen molar-refractivity contribution >= 4 is 39.6 Å². The van der Waals surface area contributed by atoms with E-state index in [0.717, 1.165) is 15.9 Å².